The Hall–Kier alpha value is -1.78. The van der Waals surface area contributed by atoms with Crippen LogP contribution in [0, 0.1) is 0 Å². The molecule has 0 bridgehead atoms. The number of aromatic nitrogens is 1. The van der Waals surface area contributed by atoms with E-state index < -0.39 is 5.97 Å². The van der Waals surface area contributed by atoms with Gasteiger partial charge in [-0.1, -0.05) is 33.1 Å². The highest BCUT2D eigenvalue weighted by Gasteiger charge is 2.16. The predicted octanol–water partition coefficient (Wildman–Crippen LogP) is 2.66. The SMILES string of the molecule is CCCCC(CCC)NC(=O)c1cccn1CC(=O)O. The normalized spacial score (nSPS) is 12.1. The summed E-state index contributed by atoms with van der Waals surface area (Å²) in [5, 5.41) is 11.8. The first-order chi connectivity index (χ1) is 9.58. The summed E-state index contributed by atoms with van der Waals surface area (Å²) in [6, 6.07) is 3.51. The molecule has 1 aromatic rings. The van der Waals surface area contributed by atoms with Crippen LogP contribution >= 0.6 is 0 Å². The average molecular weight is 280 g/mol. The molecule has 5 nitrogen and oxygen atoms in total. The number of nitrogens with one attached hydrogen (secondary N) is 1. The number of rotatable bonds is 9. The van der Waals surface area contributed by atoms with E-state index >= 15 is 0 Å². The number of carboxylic acid groups (broad SMARTS) is 1. The summed E-state index contributed by atoms with van der Waals surface area (Å²) in [5.41, 5.74) is 0.407. The summed E-state index contributed by atoms with van der Waals surface area (Å²) >= 11 is 0. The van der Waals surface area contributed by atoms with Crippen LogP contribution in [0.25, 0.3) is 0 Å². The fourth-order valence-electron chi connectivity index (χ4n) is 2.25. The van der Waals surface area contributed by atoms with Crippen molar-refractivity contribution < 1.29 is 14.7 Å². The van der Waals surface area contributed by atoms with E-state index in [-0.39, 0.29) is 18.5 Å². The second-order valence-electron chi connectivity index (χ2n) is 5.02. The minimum atomic E-state index is -0.952. The van der Waals surface area contributed by atoms with Crippen LogP contribution in [0.4, 0.5) is 0 Å². The fraction of sp³-hybridized carbons (Fsp3) is 0.600. The van der Waals surface area contributed by atoms with Gasteiger partial charge >= 0.3 is 5.97 Å². The first kappa shape index (κ1) is 16.3. The largest absolute Gasteiger partial charge is 0.480 e. The summed E-state index contributed by atoms with van der Waals surface area (Å²) in [5.74, 6) is -1.14. The Morgan fingerprint density at radius 3 is 2.65 bits per heavy atom. The van der Waals surface area contributed by atoms with Gasteiger partial charge in [-0.15, -0.1) is 0 Å². The molecule has 0 saturated carbocycles. The molecule has 2 N–H and O–H groups in total. The van der Waals surface area contributed by atoms with Crippen molar-refractivity contribution in [2.24, 2.45) is 0 Å². The maximum absolute atomic E-state index is 12.2. The molecular weight excluding hydrogens is 256 g/mol. The molecule has 0 radical (unpaired) electrons. The average Bonchev–Trinajstić information content (AvgIpc) is 2.83. The van der Waals surface area contributed by atoms with Crippen LogP contribution in [-0.4, -0.2) is 27.6 Å². The van der Waals surface area contributed by atoms with Gasteiger partial charge in [-0.25, -0.2) is 0 Å². The van der Waals surface area contributed by atoms with Crippen LogP contribution < -0.4 is 5.32 Å². The van der Waals surface area contributed by atoms with Crippen LogP contribution in [0.5, 0.6) is 0 Å². The quantitative estimate of drug-likeness (QED) is 0.730. The molecule has 112 valence electrons. The molecule has 1 amide bonds. The van der Waals surface area contributed by atoms with Crippen molar-refractivity contribution in [3.8, 4) is 0 Å². The van der Waals surface area contributed by atoms with Gasteiger partial charge in [0, 0.05) is 12.2 Å². The number of aliphatic carboxylic acids is 1. The minimum Gasteiger partial charge on any atom is -0.480 e. The highest BCUT2D eigenvalue weighted by molar-refractivity contribution is 5.93. The van der Waals surface area contributed by atoms with E-state index in [9.17, 15) is 9.59 Å². The maximum Gasteiger partial charge on any atom is 0.323 e. The summed E-state index contributed by atoms with van der Waals surface area (Å²) < 4.78 is 1.46. The summed E-state index contributed by atoms with van der Waals surface area (Å²) in [6.45, 7) is 4.03. The lowest BCUT2D eigenvalue weighted by Gasteiger charge is -2.18. The Kier molecular flexibility index (Phi) is 6.84. The zero-order chi connectivity index (χ0) is 15.0. The molecule has 1 aromatic heterocycles. The second-order valence-corrected chi connectivity index (χ2v) is 5.02. The summed E-state index contributed by atoms with van der Waals surface area (Å²) in [7, 11) is 0. The van der Waals surface area contributed by atoms with Gasteiger partial charge in [0.1, 0.15) is 12.2 Å². The lowest BCUT2D eigenvalue weighted by atomic mass is 10.1. The zero-order valence-corrected chi connectivity index (χ0v) is 12.3. The number of carbonyl (C=O) groups excluding carboxylic acids is 1. The Labute approximate surface area is 120 Å². The van der Waals surface area contributed by atoms with E-state index in [1.807, 2.05) is 0 Å². The van der Waals surface area contributed by atoms with Crippen molar-refractivity contribution in [2.45, 2.75) is 58.5 Å². The van der Waals surface area contributed by atoms with Crippen LogP contribution in [0.2, 0.25) is 0 Å². The van der Waals surface area contributed by atoms with Crippen molar-refractivity contribution in [1.29, 1.82) is 0 Å². The lowest BCUT2D eigenvalue weighted by molar-refractivity contribution is -0.137. The van der Waals surface area contributed by atoms with Gasteiger partial charge in [0.15, 0.2) is 0 Å². The molecule has 1 atom stereocenters. The molecule has 0 spiro atoms. The third kappa shape index (κ3) is 5.07. The van der Waals surface area contributed by atoms with Crippen molar-refractivity contribution in [3.05, 3.63) is 24.0 Å². The highest BCUT2D eigenvalue weighted by atomic mass is 16.4. The topological polar surface area (TPSA) is 71.3 Å². The molecular formula is C15H24N2O3. The van der Waals surface area contributed by atoms with E-state index in [1.54, 1.807) is 18.3 Å². The monoisotopic (exact) mass is 280 g/mol. The molecule has 5 heteroatoms. The smallest absolute Gasteiger partial charge is 0.323 e. The van der Waals surface area contributed by atoms with Gasteiger partial charge in [-0.2, -0.15) is 0 Å². The Bertz CT molecular complexity index is 440. The Morgan fingerprint density at radius 1 is 1.30 bits per heavy atom. The molecule has 0 aromatic carbocycles. The molecule has 1 heterocycles. The highest BCUT2D eigenvalue weighted by Crippen LogP contribution is 2.09. The van der Waals surface area contributed by atoms with Crippen molar-refractivity contribution in [1.82, 2.24) is 9.88 Å². The van der Waals surface area contributed by atoms with E-state index in [0.717, 1.165) is 32.1 Å². The van der Waals surface area contributed by atoms with Gasteiger partial charge in [0.05, 0.1) is 0 Å². The number of hydrogen-bond donors (Lipinski definition) is 2. The van der Waals surface area contributed by atoms with Crippen LogP contribution in [0.3, 0.4) is 0 Å². The number of carboxylic acids is 1. The molecule has 20 heavy (non-hydrogen) atoms. The maximum atomic E-state index is 12.2. The van der Waals surface area contributed by atoms with Crippen LogP contribution in [0.1, 0.15) is 56.4 Å². The number of hydrogen-bond acceptors (Lipinski definition) is 2. The van der Waals surface area contributed by atoms with Gasteiger partial charge in [-0.3, -0.25) is 9.59 Å². The summed E-state index contributed by atoms with van der Waals surface area (Å²) in [4.78, 5) is 23.0. The Morgan fingerprint density at radius 2 is 2.05 bits per heavy atom. The van der Waals surface area contributed by atoms with E-state index in [1.165, 1.54) is 4.57 Å². The zero-order valence-electron chi connectivity index (χ0n) is 12.3. The third-order valence-corrected chi connectivity index (χ3v) is 3.25. The van der Waals surface area contributed by atoms with Crippen molar-refractivity contribution in [3.63, 3.8) is 0 Å². The minimum absolute atomic E-state index is 0.167. The first-order valence-electron chi connectivity index (χ1n) is 7.26. The first-order valence-corrected chi connectivity index (χ1v) is 7.26. The number of unbranched alkanes of at least 4 members (excludes halogenated alkanes) is 1. The van der Waals surface area contributed by atoms with E-state index in [2.05, 4.69) is 19.2 Å². The lowest BCUT2D eigenvalue weighted by Crippen LogP contribution is -2.36. The number of carbonyl (C=O) groups is 2. The van der Waals surface area contributed by atoms with Gasteiger partial charge in [-0.05, 0) is 25.0 Å². The van der Waals surface area contributed by atoms with Gasteiger partial charge in [0.25, 0.3) is 5.91 Å². The van der Waals surface area contributed by atoms with Crippen molar-refractivity contribution in [2.75, 3.05) is 0 Å². The molecule has 0 saturated heterocycles. The van der Waals surface area contributed by atoms with E-state index in [4.69, 9.17) is 5.11 Å². The summed E-state index contributed by atoms with van der Waals surface area (Å²) in [6.07, 6.45) is 6.74. The Balaban J connectivity index is 2.68. The molecule has 0 fully saturated rings. The number of nitrogens with zero attached hydrogens (tertiary/aromatic N) is 1. The van der Waals surface area contributed by atoms with Gasteiger partial charge < -0.3 is 15.0 Å². The molecule has 0 aliphatic carbocycles. The van der Waals surface area contributed by atoms with E-state index in [0.29, 0.717) is 5.69 Å². The van der Waals surface area contributed by atoms with Gasteiger partial charge in [0.2, 0.25) is 0 Å². The molecule has 0 aliphatic heterocycles. The standard InChI is InChI=1S/C15H24N2O3/c1-3-5-8-12(7-4-2)16-15(20)13-9-6-10-17(13)11-14(18)19/h6,9-10,12H,3-5,7-8,11H2,1-2H3,(H,16,20)(H,18,19). The van der Waals surface area contributed by atoms with Crippen LogP contribution in [0.15, 0.2) is 18.3 Å². The predicted molar refractivity (Wildman–Crippen MR) is 77.8 cm³/mol. The fourth-order valence-corrected chi connectivity index (χ4v) is 2.25. The molecule has 0 aliphatic rings. The third-order valence-electron chi connectivity index (χ3n) is 3.25. The second kappa shape index (κ2) is 8.40. The van der Waals surface area contributed by atoms with Crippen LogP contribution in [-0.2, 0) is 11.3 Å². The molecule has 1 unspecified atom stereocenters. The number of amides is 1. The molecule has 1 rings (SSSR count). The van der Waals surface area contributed by atoms with Crippen molar-refractivity contribution >= 4 is 11.9 Å².